The normalized spacial score (nSPS) is 32.1. The van der Waals surface area contributed by atoms with E-state index in [1.165, 1.54) is 12.8 Å². The maximum absolute atomic E-state index is 12.2. The molecule has 1 heterocycles. The van der Waals surface area contributed by atoms with Gasteiger partial charge in [-0.15, -0.1) is 0 Å². The van der Waals surface area contributed by atoms with Gasteiger partial charge in [0.05, 0.1) is 0 Å². The summed E-state index contributed by atoms with van der Waals surface area (Å²) in [5.74, 6) is 0.715. The van der Waals surface area contributed by atoms with Crippen LogP contribution in [0.25, 0.3) is 0 Å². The molecule has 22 heavy (non-hydrogen) atoms. The highest BCUT2D eigenvalue weighted by atomic mass is 16.6. The first-order chi connectivity index (χ1) is 10.1. The highest BCUT2D eigenvalue weighted by Crippen LogP contribution is 2.41. The molecule has 1 aliphatic heterocycles. The standard InChI is InChI=1S/C18H34N2O2/c1-13-10-18(5,6)11-15(13)19-14-8-7-9-20(12-14)16(21)22-17(2,3)4/h13-15,19H,7-12H2,1-6H3. The van der Waals surface area contributed by atoms with E-state index < -0.39 is 5.60 Å². The molecule has 1 N–H and O–H groups in total. The van der Waals surface area contributed by atoms with Gasteiger partial charge in [0.15, 0.2) is 0 Å². The fraction of sp³-hybridized carbons (Fsp3) is 0.944. The molecule has 0 radical (unpaired) electrons. The van der Waals surface area contributed by atoms with Crippen LogP contribution < -0.4 is 5.32 Å². The molecule has 2 aliphatic rings. The molecule has 0 spiro atoms. The highest BCUT2D eigenvalue weighted by Gasteiger charge is 2.38. The minimum absolute atomic E-state index is 0.168. The molecule has 128 valence electrons. The first-order valence-corrected chi connectivity index (χ1v) is 8.80. The second-order valence-electron chi connectivity index (χ2n) is 9.09. The number of hydrogen-bond acceptors (Lipinski definition) is 3. The molecule has 0 aromatic rings. The Hall–Kier alpha value is -0.770. The van der Waals surface area contributed by atoms with Crippen LogP contribution in [0.3, 0.4) is 0 Å². The molecule has 3 unspecified atom stereocenters. The second kappa shape index (κ2) is 6.38. The summed E-state index contributed by atoms with van der Waals surface area (Å²) in [4.78, 5) is 14.1. The number of rotatable bonds is 2. The van der Waals surface area contributed by atoms with E-state index in [0.29, 0.717) is 23.4 Å². The third-order valence-corrected chi connectivity index (χ3v) is 4.86. The molecule has 1 amide bonds. The van der Waals surface area contributed by atoms with Crippen LogP contribution in [0.2, 0.25) is 0 Å². The first-order valence-electron chi connectivity index (χ1n) is 8.80. The summed E-state index contributed by atoms with van der Waals surface area (Å²) in [6.45, 7) is 14.4. The van der Waals surface area contributed by atoms with Gasteiger partial charge in [-0.05, 0) is 57.8 Å². The molecule has 3 atom stereocenters. The molecule has 1 saturated carbocycles. The lowest BCUT2D eigenvalue weighted by Crippen LogP contribution is -2.52. The third kappa shape index (κ3) is 4.87. The Morgan fingerprint density at radius 3 is 2.50 bits per heavy atom. The van der Waals surface area contributed by atoms with Crippen LogP contribution in [-0.4, -0.2) is 41.8 Å². The van der Waals surface area contributed by atoms with Crippen LogP contribution in [0.4, 0.5) is 4.79 Å². The Morgan fingerprint density at radius 2 is 1.95 bits per heavy atom. The number of likely N-dealkylation sites (tertiary alicyclic amines) is 1. The van der Waals surface area contributed by atoms with Crippen LogP contribution >= 0.6 is 0 Å². The van der Waals surface area contributed by atoms with Gasteiger partial charge >= 0.3 is 6.09 Å². The van der Waals surface area contributed by atoms with Gasteiger partial charge in [-0.2, -0.15) is 0 Å². The number of hydrogen-bond donors (Lipinski definition) is 1. The van der Waals surface area contributed by atoms with E-state index in [1.807, 2.05) is 25.7 Å². The molecule has 4 nitrogen and oxygen atoms in total. The fourth-order valence-corrected chi connectivity index (χ4v) is 4.03. The number of ether oxygens (including phenoxy) is 1. The molecule has 2 rings (SSSR count). The van der Waals surface area contributed by atoms with E-state index in [9.17, 15) is 4.79 Å². The highest BCUT2D eigenvalue weighted by molar-refractivity contribution is 5.68. The van der Waals surface area contributed by atoms with E-state index in [4.69, 9.17) is 4.74 Å². The van der Waals surface area contributed by atoms with Crippen molar-refractivity contribution in [3.8, 4) is 0 Å². The van der Waals surface area contributed by atoms with Crippen molar-refractivity contribution < 1.29 is 9.53 Å². The largest absolute Gasteiger partial charge is 0.444 e. The van der Waals surface area contributed by atoms with E-state index >= 15 is 0 Å². The van der Waals surface area contributed by atoms with Gasteiger partial charge in [-0.1, -0.05) is 20.8 Å². The molecule has 1 saturated heterocycles. The van der Waals surface area contributed by atoms with Crippen molar-refractivity contribution in [1.82, 2.24) is 10.2 Å². The summed E-state index contributed by atoms with van der Waals surface area (Å²) >= 11 is 0. The molecular weight excluding hydrogens is 276 g/mol. The zero-order valence-corrected chi connectivity index (χ0v) is 15.2. The summed E-state index contributed by atoms with van der Waals surface area (Å²) in [5.41, 5.74) is 0.0258. The van der Waals surface area contributed by atoms with Crippen molar-refractivity contribution in [3.05, 3.63) is 0 Å². The van der Waals surface area contributed by atoms with E-state index in [1.54, 1.807) is 0 Å². The zero-order valence-electron chi connectivity index (χ0n) is 15.2. The predicted molar refractivity (Wildman–Crippen MR) is 89.9 cm³/mol. The van der Waals surface area contributed by atoms with Gasteiger partial charge < -0.3 is 15.0 Å². The lowest BCUT2D eigenvalue weighted by Gasteiger charge is -2.36. The van der Waals surface area contributed by atoms with Gasteiger partial charge in [-0.3, -0.25) is 0 Å². The SMILES string of the molecule is CC1CC(C)(C)CC1NC1CCCN(C(=O)OC(C)(C)C)C1. The number of amides is 1. The van der Waals surface area contributed by atoms with Gasteiger partial charge in [0, 0.05) is 25.2 Å². The van der Waals surface area contributed by atoms with Gasteiger partial charge in [0.2, 0.25) is 0 Å². The Labute approximate surface area is 136 Å². The van der Waals surface area contributed by atoms with Crippen LogP contribution in [0.15, 0.2) is 0 Å². The monoisotopic (exact) mass is 310 g/mol. The Bertz CT molecular complexity index is 400. The molecule has 0 bridgehead atoms. The smallest absolute Gasteiger partial charge is 0.410 e. The predicted octanol–water partition coefficient (Wildman–Crippen LogP) is 3.80. The lowest BCUT2D eigenvalue weighted by atomic mass is 9.91. The Balaban J connectivity index is 1.87. The van der Waals surface area contributed by atoms with E-state index in [-0.39, 0.29) is 6.09 Å². The van der Waals surface area contributed by atoms with Crippen molar-refractivity contribution in [3.63, 3.8) is 0 Å². The van der Waals surface area contributed by atoms with Crippen molar-refractivity contribution in [2.45, 2.75) is 84.9 Å². The van der Waals surface area contributed by atoms with E-state index in [0.717, 1.165) is 25.9 Å². The first kappa shape index (κ1) is 17.6. The number of carbonyl (C=O) groups excluding carboxylic acids is 1. The van der Waals surface area contributed by atoms with E-state index in [2.05, 4.69) is 26.1 Å². The molecule has 4 heteroatoms. The number of nitrogens with zero attached hydrogens (tertiary/aromatic N) is 1. The molecule has 0 aromatic heterocycles. The van der Waals surface area contributed by atoms with Crippen molar-refractivity contribution in [1.29, 1.82) is 0 Å². The summed E-state index contributed by atoms with van der Waals surface area (Å²) < 4.78 is 5.51. The zero-order chi connectivity index (χ0) is 16.5. The van der Waals surface area contributed by atoms with Crippen LogP contribution in [-0.2, 0) is 4.74 Å². The topological polar surface area (TPSA) is 41.6 Å². The molecular formula is C18H34N2O2. The van der Waals surface area contributed by atoms with Gasteiger partial charge in [0.1, 0.15) is 5.60 Å². The maximum Gasteiger partial charge on any atom is 0.410 e. The Morgan fingerprint density at radius 1 is 1.27 bits per heavy atom. The lowest BCUT2D eigenvalue weighted by molar-refractivity contribution is 0.0181. The quantitative estimate of drug-likeness (QED) is 0.843. The molecule has 0 aromatic carbocycles. The minimum Gasteiger partial charge on any atom is -0.444 e. The fourth-order valence-electron chi connectivity index (χ4n) is 4.03. The summed E-state index contributed by atoms with van der Waals surface area (Å²) in [5, 5.41) is 3.82. The Kier molecular flexibility index (Phi) is 5.10. The number of nitrogens with one attached hydrogen (secondary N) is 1. The van der Waals surface area contributed by atoms with Crippen molar-refractivity contribution in [2.75, 3.05) is 13.1 Å². The van der Waals surface area contributed by atoms with Crippen molar-refractivity contribution in [2.24, 2.45) is 11.3 Å². The van der Waals surface area contributed by atoms with Gasteiger partial charge in [0.25, 0.3) is 0 Å². The number of carbonyl (C=O) groups is 1. The average Bonchev–Trinajstić information content (AvgIpc) is 2.60. The van der Waals surface area contributed by atoms with Crippen molar-refractivity contribution >= 4 is 6.09 Å². The molecule has 2 fully saturated rings. The molecule has 1 aliphatic carbocycles. The average molecular weight is 310 g/mol. The maximum atomic E-state index is 12.2. The second-order valence-corrected chi connectivity index (χ2v) is 9.09. The third-order valence-electron chi connectivity index (χ3n) is 4.86. The van der Waals surface area contributed by atoms with Crippen LogP contribution in [0.1, 0.15) is 67.2 Å². The number of piperidine rings is 1. The van der Waals surface area contributed by atoms with Gasteiger partial charge in [-0.25, -0.2) is 4.79 Å². The minimum atomic E-state index is -0.415. The van der Waals surface area contributed by atoms with Crippen LogP contribution in [0.5, 0.6) is 0 Å². The summed E-state index contributed by atoms with van der Waals surface area (Å²) in [7, 11) is 0. The summed E-state index contributed by atoms with van der Waals surface area (Å²) in [6.07, 6.45) is 4.56. The summed E-state index contributed by atoms with van der Waals surface area (Å²) in [6, 6.07) is 0.987. The van der Waals surface area contributed by atoms with Crippen LogP contribution in [0, 0.1) is 11.3 Å².